The first kappa shape index (κ1) is 15.1. The van der Waals surface area contributed by atoms with E-state index in [1.54, 1.807) is 13.2 Å². The third-order valence-corrected chi connectivity index (χ3v) is 3.41. The van der Waals surface area contributed by atoms with Crippen LogP contribution in [0.2, 0.25) is 0 Å². The molecule has 5 nitrogen and oxygen atoms in total. The number of aliphatic imine (C=N–C) groups is 1. The van der Waals surface area contributed by atoms with Gasteiger partial charge in [0.1, 0.15) is 0 Å². The third kappa shape index (κ3) is 4.63. The summed E-state index contributed by atoms with van der Waals surface area (Å²) < 4.78 is 1.85. The van der Waals surface area contributed by atoms with Gasteiger partial charge in [-0.25, -0.2) is 0 Å². The molecule has 2 aromatic rings. The summed E-state index contributed by atoms with van der Waals surface area (Å²) in [4.78, 5) is 4.23. The van der Waals surface area contributed by atoms with Crippen LogP contribution in [0.4, 0.5) is 0 Å². The number of aromatic nitrogens is 2. The highest BCUT2D eigenvalue weighted by atomic mass is 15.3. The van der Waals surface area contributed by atoms with Gasteiger partial charge in [0, 0.05) is 26.8 Å². The highest BCUT2D eigenvalue weighted by molar-refractivity contribution is 5.79. The van der Waals surface area contributed by atoms with Crippen molar-refractivity contribution < 1.29 is 0 Å². The standard InChI is InChI=1S/C16H23N5/c1-13-4-6-14(7-5-13)8-10-18-16(17-2)19-12-15-9-11-20-21(15)3/h4-7,9,11H,8,10,12H2,1-3H3,(H2,17,18,19). The summed E-state index contributed by atoms with van der Waals surface area (Å²) >= 11 is 0. The molecule has 1 heterocycles. The fourth-order valence-electron chi connectivity index (χ4n) is 2.05. The van der Waals surface area contributed by atoms with Crippen LogP contribution in [0.3, 0.4) is 0 Å². The summed E-state index contributed by atoms with van der Waals surface area (Å²) in [6.45, 7) is 3.67. The number of nitrogens with zero attached hydrogens (tertiary/aromatic N) is 3. The van der Waals surface area contributed by atoms with Gasteiger partial charge in [0.2, 0.25) is 0 Å². The van der Waals surface area contributed by atoms with E-state index < -0.39 is 0 Å². The maximum absolute atomic E-state index is 4.23. The van der Waals surface area contributed by atoms with Gasteiger partial charge < -0.3 is 10.6 Å². The summed E-state index contributed by atoms with van der Waals surface area (Å²) in [5.74, 6) is 0.809. The monoisotopic (exact) mass is 285 g/mol. The molecule has 1 aromatic carbocycles. The van der Waals surface area contributed by atoms with Crippen LogP contribution in [0.15, 0.2) is 41.5 Å². The Labute approximate surface area is 126 Å². The molecule has 0 fully saturated rings. The smallest absolute Gasteiger partial charge is 0.191 e. The SMILES string of the molecule is CN=C(NCCc1ccc(C)cc1)NCc1ccnn1C. The van der Waals surface area contributed by atoms with Gasteiger partial charge in [-0.15, -0.1) is 0 Å². The van der Waals surface area contributed by atoms with Crippen LogP contribution in [0.1, 0.15) is 16.8 Å². The average Bonchev–Trinajstić information content (AvgIpc) is 2.90. The molecule has 5 heteroatoms. The Hall–Kier alpha value is -2.30. The highest BCUT2D eigenvalue weighted by Crippen LogP contribution is 2.03. The van der Waals surface area contributed by atoms with Gasteiger partial charge in [-0.1, -0.05) is 29.8 Å². The summed E-state index contributed by atoms with van der Waals surface area (Å²) in [6, 6.07) is 10.6. The average molecular weight is 285 g/mol. The molecule has 0 spiro atoms. The van der Waals surface area contributed by atoms with Crippen LogP contribution in [0.25, 0.3) is 0 Å². The van der Waals surface area contributed by atoms with E-state index in [1.165, 1.54) is 11.1 Å². The topological polar surface area (TPSA) is 54.2 Å². The van der Waals surface area contributed by atoms with Crippen LogP contribution >= 0.6 is 0 Å². The van der Waals surface area contributed by atoms with E-state index in [2.05, 4.69) is 51.9 Å². The minimum Gasteiger partial charge on any atom is -0.356 e. The van der Waals surface area contributed by atoms with E-state index >= 15 is 0 Å². The molecule has 1 aromatic heterocycles. The zero-order chi connectivity index (χ0) is 15.1. The second-order valence-electron chi connectivity index (χ2n) is 5.03. The van der Waals surface area contributed by atoms with Crippen LogP contribution in [-0.4, -0.2) is 29.3 Å². The molecular weight excluding hydrogens is 262 g/mol. The number of nitrogens with one attached hydrogen (secondary N) is 2. The number of rotatable bonds is 5. The second-order valence-corrected chi connectivity index (χ2v) is 5.03. The van der Waals surface area contributed by atoms with Crippen molar-refractivity contribution in [3.63, 3.8) is 0 Å². The first-order chi connectivity index (χ1) is 10.2. The van der Waals surface area contributed by atoms with Crippen LogP contribution < -0.4 is 10.6 Å². The highest BCUT2D eigenvalue weighted by Gasteiger charge is 2.01. The summed E-state index contributed by atoms with van der Waals surface area (Å²) in [7, 11) is 3.72. The molecule has 0 atom stereocenters. The van der Waals surface area contributed by atoms with Gasteiger partial charge in [-0.2, -0.15) is 5.10 Å². The molecule has 2 N–H and O–H groups in total. The van der Waals surface area contributed by atoms with E-state index in [0.29, 0.717) is 6.54 Å². The Kier molecular flexibility index (Phi) is 5.37. The van der Waals surface area contributed by atoms with Crippen molar-refractivity contribution >= 4 is 5.96 Å². The summed E-state index contributed by atoms with van der Waals surface area (Å²) in [6.07, 6.45) is 2.78. The zero-order valence-electron chi connectivity index (χ0n) is 12.9. The number of aryl methyl sites for hydroxylation is 2. The quantitative estimate of drug-likeness (QED) is 0.648. The molecular formula is C16H23N5. The normalized spacial score (nSPS) is 11.5. The molecule has 0 radical (unpaired) electrons. The number of hydrogen-bond acceptors (Lipinski definition) is 2. The van der Waals surface area contributed by atoms with Crippen LogP contribution in [0, 0.1) is 6.92 Å². The van der Waals surface area contributed by atoms with Gasteiger partial charge >= 0.3 is 0 Å². The van der Waals surface area contributed by atoms with Crippen molar-refractivity contribution in [1.82, 2.24) is 20.4 Å². The van der Waals surface area contributed by atoms with E-state index in [-0.39, 0.29) is 0 Å². The zero-order valence-corrected chi connectivity index (χ0v) is 12.9. The van der Waals surface area contributed by atoms with E-state index in [0.717, 1.165) is 24.6 Å². The lowest BCUT2D eigenvalue weighted by molar-refractivity contribution is 0.684. The van der Waals surface area contributed by atoms with E-state index in [1.807, 2.05) is 17.8 Å². The van der Waals surface area contributed by atoms with Gasteiger partial charge in [0.15, 0.2) is 5.96 Å². The molecule has 0 saturated carbocycles. The molecule has 0 aliphatic heterocycles. The predicted octanol–water partition coefficient (Wildman–Crippen LogP) is 1.64. The first-order valence-electron chi connectivity index (χ1n) is 7.16. The number of hydrogen-bond donors (Lipinski definition) is 2. The fraction of sp³-hybridized carbons (Fsp3) is 0.375. The van der Waals surface area contributed by atoms with Crippen molar-refractivity contribution in [1.29, 1.82) is 0 Å². The first-order valence-corrected chi connectivity index (χ1v) is 7.16. The van der Waals surface area contributed by atoms with Gasteiger partial charge in [0.05, 0.1) is 12.2 Å². The van der Waals surface area contributed by atoms with Gasteiger partial charge in [-0.05, 0) is 25.0 Å². The molecule has 2 rings (SSSR count). The van der Waals surface area contributed by atoms with Crippen molar-refractivity contribution in [2.45, 2.75) is 19.9 Å². The van der Waals surface area contributed by atoms with Crippen molar-refractivity contribution in [2.75, 3.05) is 13.6 Å². The molecule has 0 bridgehead atoms. The maximum Gasteiger partial charge on any atom is 0.191 e. The minimum absolute atomic E-state index is 0.709. The minimum atomic E-state index is 0.709. The molecule has 112 valence electrons. The number of guanidine groups is 1. The fourth-order valence-corrected chi connectivity index (χ4v) is 2.05. The van der Waals surface area contributed by atoms with Gasteiger partial charge in [-0.3, -0.25) is 9.67 Å². The van der Waals surface area contributed by atoms with E-state index in [4.69, 9.17) is 0 Å². The molecule has 21 heavy (non-hydrogen) atoms. The Morgan fingerprint density at radius 2 is 1.95 bits per heavy atom. The summed E-state index contributed by atoms with van der Waals surface area (Å²) in [5, 5.41) is 10.8. The predicted molar refractivity (Wildman–Crippen MR) is 86.3 cm³/mol. The molecule has 0 amide bonds. The Bertz CT molecular complexity index is 583. The number of benzene rings is 1. The molecule has 0 aliphatic rings. The van der Waals surface area contributed by atoms with Crippen LogP contribution in [0.5, 0.6) is 0 Å². The molecule has 0 saturated heterocycles. The lowest BCUT2D eigenvalue weighted by Gasteiger charge is -2.12. The molecule has 0 unspecified atom stereocenters. The van der Waals surface area contributed by atoms with E-state index in [9.17, 15) is 0 Å². The van der Waals surface area contributed by atoms with Crippen LogP contribution in [-0.2, 0) is 20.0 Å². The van der Waals surface area contributed by atoms with Gasteiger partial charge in [0.25, 0.3) is 0 Å². The molecule has 0 aliphatic carbocycles. The lowest BCUT2D eigenvalue weighted by atomic mass is 10.1. The Morgan fingerprint density at radius 3 is 2.57 bits per heavy atom. The van der Waals surface area contributed by atoms with Crippen molar-refractivity contribution in [3.05, 3.63) is 53.3 Å². The largest absolute Gasteiger partial charge is 0.356 e. The maximum atomic E-state index is 4.23. The van der Waals surface area contributed by atoms with Crippen molar-refractivity contribution in [2.24, 2.45) is 12.0 Å². The third-order valence-electron chi connectivity index (χ3n) is 3.41. The Morgan fingerprint density at radius 1 is 1.19 bits per heavy atom. The second kappa shape index (κ2) is 7.47. The van der Waals surface area contributed by atoms with Crippen molar-refractivity contribution in [3.8, 4) is 0 Å². The Balaban J connectivity index is 1.75. The summed E-state index contributed by atoms with van der Waals surface area (Å²) in [5.41, 5.74) is 3.74. The lowest BCUT2D eigenvalue weighted by Crippen LogP contribution is -2.38.